The van der Waals surface area contributed by atoms with Crippen LogP contribution in [0.15, 0.2) is 24.3 Å². The fraction of sp³-hybridized carbons (Fsp3) is 0.500. The highest BCUT2D eigenvalue weighted by Crippen LogP contribution is 2.40. The Hall–Kier alpha value is -1.31. The second-order valence-electron chi connectivity index (χ2n) is 4.76. The van der Waals surface area contributed by atoms with Crippen molar-refractivity contribution in [2.24, 2.45) is 5.92 Å². The van der Waals surface area contributed by atoms with Gasteiger partial charge in [-0.05, 0) is 29.9 Å². The Morgan fingerprint density at radius 2 is 2.06 bits per heavy atom. The molecule has 0 aliphatic heterocycles. The zero-order valence-electron chi connectivity index (χ0n) is 10.2. The smallest absolute Gasteiger partial charge is 0.226 e. The molecule has 2 unspecified atom stereocenters. The van der Waals surface area contributed by atoms with Crippen LogP contribution < -0.4 is 0 Å². The van der Waals surface area contributed by atoms with Gasteiger partial charge in [-0.1, -0.05) is 31.2 Å². The number of hydrogen-bond acceptors (Lipinski definition) is 1. The van der Waals surface area contributed by atoms with E-state index < -0.39 is 0 Å². The number of amides is 1. The molecule has 2 nitrogen and oxygen atoms in total. The summed E-state index contributed by atoms with van der Waals surface area (Å²) in [6.07, 6.45) is 1.95. The minimum absolute atomic E-state index is 0.150. The standard InChI is InChI=1S/C14H19NO/c1-4-11-12-8-6-5-7-10(12)9-13(11)14(16)15(2)3/h5-8,11,13H,4,9H2,1-3H3. The van der Waals surface area contributed by atoms with Gasteiger partial charge in [-0.15, -0.1) is 0 Å². The van der Waals surface area contributed by atoms with Gasteiger partial charge in [0, 0.05) is 20.0 Å². The number of benzene rings is 1. The number of fused-ring (bicyclic) bond motifs is 1. The summed E-state index contributed by atoms with van der Waals surface area (Å²) >= 11 is 0. The third-order valence-corrected chi connectivity index (χ3v) is 3.58. The fourth-order valence-corrected chi connectivity index (χ4v) is 2.77. The molecule has 1 aliphatic carbocycles. The molecule has 0 radical (unpaired) electrons. The first-order valence-electron chi connectivity index (χ1n) is 5.94. The van der Waals surface area contributed by atoms with E-state index in [1.807, 2.05) is 14.1 Å². The van der Waals surface area contributed by atoms with Gasteiger partial charge in [0.1, 0.15) is 0 Å². The Bertz CT molecular complexity index is 397. The number of carbonyl (C=O) groups is 1. The first-order valence-corrected chi connectivity index (χ1v) is 5.94. The molecular weight excluding hydrogens is 198 g/mol. The molecule has 0 bridgehead atoms. The Morgan fingerprint density at radius 3 is 2.69 bits per heavy atom. The van der Waals surface area contributed by atoms with Crippen molar-refractivity contribution in [3.8, 4) is 0 Å². The van der Waals surface area contributed by atoms with Crippen LogP contribution in [0.3, 0.4) is 0 Å². The third kappa shape index (κ3) is 1.73. The van der Waals surface area contributed by atoms with Gasteiger partial charge in [-0.3, -0.25) is 4.79 Å². The van der Waals surface area contributed by atoms with Crippen molar-refractivity contribution >= 4 is 5.91 Å². The number of nitrogens with zero attached hydrogens (tertiary/aromatic N) is 1. The Morgan fingerprint density at radius 1 is 1.38 bits per heavy atom. The van der Waals surface area contributed by atoms with E-state index in [2.05, 4.69) is 31.2 Å². The first-order chi connectivity index (χ1) is 7.65. The minimum Gasteiger partial charge on any atom is -0.349 e. The molecule has 86 valence electrons. The molecule has 1 aliphatic rings. The Balaban J connectivity index is 2.31. The summed E-state index contributed by atoms with van der Waals surface area (Å²) in [6, 6.07) is 8.46. The Kier molecular flexibility index (Phi) is 2.99. The van der Waals surface area contributed by atoms with E-state index in [4.69, 9.17) is 0 Å². The second kappa shape index (κ2) is 4.28. The van der Waals surface area contributed by atoms with E-state index in [0.717, 1.165) is 12.8 Å². The van der Waals surface area contributed by atoms with E-state index in [9.17, 15) is 4.79 Å². The van der Waals surface area contributed by atoms with Gasteiger partial charge >= 0.3 is 0 Å². The van der Waals surface area contributed by atoms with Crippen LogP contribution in [0.2, 0.25) is 0 Å². The van der Waals surface area contributed by atoms with Crippen LogP contribution in [0, 0.1) is 5.92 Å². The molecule has 1 amide bonds. The summed E-state index contributed by atoms with van der Waals surface area (Å²) in [5.74, 6) is 0.826. The van der Waals surface area contributed by atoms with Crippen molar-refractivity contribution in [3.63, 3.8) is 0 Å². The largest absolute Gasteiger partial charge is 0.349 e. The van der Waals surface area contributed by atoms with Crippen molar-refractivity contribution in [1.29, 1.82) is 0 Å². The highest BCUT2D eigenvalue weighted by Gasteiger charge is 2.36. The maximum absolute atomic E-state index is 12.1. The fourth-order valence-electron chi connectivity index (χ4n) is 2.77. The lowest BCUT2D eigenvalue weighted by Gasteiger charge is -2.21. The SMILES string of the molecule is CCC1c2ccccc2CC1C(=O)N(C)C. The predicted octanol–water partition coefficient (Wildman–Crippen LogP) is 2.44. The highest BCUT2D eigenvalue weighted by molar-refractivity contribution is 5.81. The highest BCUT2D eigenvalue weighted by atomic mass is 16.2. The van der Waals surface area contributed by atoms with Gasteiger partial charge in [-0.25, -0.2) is 0 Å². The summed E-state index contributed by atoms with van der Waals surface area (Å²) in [7, 11) is 3.69. The second-order valence-corrected chi connectivity index (χ2v) is 4.76. The average molecular weight is 217 g/mol. The normalized spacial score (nSPS) is 22.9. The summed E-state index contributed by atoms with van der Waals surface area (Å²) in [6.45, 7) is 2.17. The van der Waals surface area contributed by atoms with Crippen LogP contribution in [0.1, 0.15) is 30.4 Å². The molecule has 16 heavy (non-hydrogen) atoms. The van der Waals surface area contributed by atoms with Gasteiger partial charge in [0.05, 0.1) is 0 Å². The molecule has 0 fully saturated rings. The monoisotopic (exact) mass is 217 g/mol. The topological polar surface area (TPSA) is 20.3 Å². The molecule has 0 N–H and O–H groups in total. The molecule has 2 rings (SSSR count). The zero-order chi connectivity index (χ0) is 11.7. The first kappa shape index (κ1) is 11.2. The molecule has 1 aromatic carbocycles. The molecule has 0 aromatic heterocycles. The van der Waals surface area contributed by atoms with E-state index >= 15 is 0 Å². The van der Waals surface area contributed by atoms with Crippen LogP contribution in [-0.4, -0.2) is 24.9 Å². The van der Waals surface area contributed by atoms with Gasteiger partial charge in [-0.2, -0.15) is 0 Å². The van der Waals surface area contributed by atoms with Crippen LogP contribution in [0.5, 0.6) is 0 Å². The van der Waals surface area contributed by atoms with Crippen molar-refractivity contribution in [2.45, 2.75) is 25.7 Å². The number of hydrogen-bond donors (Lipinski definition) is 0. The van der Waals surface area contributed by atoms with Crippen LogP contribution in [-0.2, 0) is 11.2 Å². The molecule has 0 saturated heterocycles. The summed E-state index contributed by atoms with van der Waals surface area (Å²) < 4.78 is 0. The number of carbonyl (C=O) groups excluding carboxylic acids is 1. The minimum atomic E-state index is 0.150. The van der Waals surface area contributed by atoms with Gasteiger partial charge in [0.15, 0.2) is 0 Å². The van der Waals surface area contributed by atoms with Crippen LogP contribution in [0.25, 0.3) is 0 Å². The van der Waals surface area contributed by atoms with Crippen molar-refractivity contribution in [2.75, 3.05) is 14.1 Å². The molecule has 2 atom stereocenters. The van der Waals surface area contributed by atoms with Crippen molar-refractivity contribution in [3.05, 3.63) is 35.4 Å². The maximum atomic E-state index is 12.1. The van der Waals surface area contributed by atoms with Gasteiger partial charge < -0.3 is 4.90 Å². The lowest BCUT2D eigenvalue weighted by atomic mass is 9.89. The Labute approximate surface area is 97.3 Å². The maximum Gasteiger partial charge on any atom is 0.226 e. The number of rotatable bonds is 2. The van der Waals surface area contributed by atoms with Crippen LogP contribution in [0.4, 0.5) is 0 Å². The summed E-state index contributed by atoms with van der Waals surface area (Å²) in [5, 5.41) is 0. The van der Waals surface area contributed by atoms with Gasteiger partial charge in [0.2, 0.25) is 5.91 Å². The van der Waals surface area contributed by atoms with Crippen LogP contribution >= 0.6 is 0 Å². The summed E-state index contributed by atoms with van der Waals surface area (Å²) in [4.78, 5) is 13.8. The molecule has 0 spiro atoms. The predicted molar refractivity (Wildman–Crippen MR) is 65.4 cm³/mol. The molecule has 2 heteroatoms. The molecule has 0 heterocycles. The van der Waals surface area contributed by atoms with E-state index in [-0.39, 0.29) is 11.8 Å². The van der Waals surface area contributed by atoms with E-state index in [0.29, 0.717) is 5.92 Å². The molecular formula is C14H19NO. The molecule has 1 aromatic rings. The lowest BCUT2D eigenvalue weighted by molar-refractivity contribution is -0.133. The van der Waals surface area contributed by atoms with E-state index in [1.165, 1.54) is 11.1 Å². The quantitative estimate of drug-likeness (QED) is 0.745. The lowest BCUT2D eigenvalue weighted by Crippen LogP contribution is -2.31. The van der Waals surface area contributed by atoms with E-state index in [1.54, 1.807) is 4.90 Å². The third-order valence-electron chi connectivity index (χ3n) is 3.58. The average Bonchev–Trinajstić information content (AvgIpc) is 2.65. The van der Waals surface area contributed by atoms with Crippen molar-refractivity contribution < 1.29 is 4.79 Å². The summed E-state index contributed by atoms with van der Waals surface area (Å²) in [5.41, 5.74) is 2.74. The van der Waals surface area contributed by atoms with Gasteiger partial charge in [0.25, 0.3) is 0 Å². The van der Waals surface area contributed by atoms with Crippen molar-refractivity contribution in [1.82, 2.24) is 4.90 Å². The zero-order valence-corrected chi connectivity index (χ0v) is 10.2. The molecule has 0 saturated carbocycles.